The number of ether oxygens (including phenoxy) is 1. The molecule has 0 fully saturated rings. The van der Waals surface area contributed by atoms with Crippen LogP contribution in [-0.4, -0.2) is 17.4 Å². The molecule has 0 aliphatic carbocycles. The minimum absolute atomic E-state index is 0.160. The van der Waals surface area contributed by atoms with Crippen LogP contribution in [-0.2, 0) is 6.54 Å². The second kappa shape index (κ2) is 7.40. The van der Waals surface area contributed by atoms with E-state index in [0.717, 1.165) is 11.1 Å². The average Bonchev–Trinajstić information content (AvgIpc) is 2.53. The molecule has 120 valence electrons. The van der Waals surface area contributed by atoms with E-state index in [2.05, 4.69) is 5.32 Å². The molecule has 1 N–H and O–H groups in total. The molecule has 6 nitrogen and oxygen atoms in total. The molecule has 0 spiro atoms. The van der Waals surface area contributed by atoms with Gasteiger partial charge in [0.25, 0.3) is 5.91 Å². The number of benzene rings is 2. The van der Waals surface area contributed by atoms with E-state index in [1.807, 2.05) is 31.2 Å². The third-order valence-corrected chi connectivity index (χ3v) is 3.25. The van der Waals surface area contributed by atoms with Gasteiger partial charge < -0.3 is 10.1 Å². The van der Waals surface area contributed by atoms with Crippen molar-refractivity contribution in [2.75, 3.05) is 6.61 Å². The first-order valence-corrected chi connectivity index (χ1v) is 7.26. The third-order valence-electron chi connectivity index (χ3n) is 3.25. The lowest BCUT2D eigenvalue weighted by atomic mass is 10.1. The van der Waals surface area contributed by atoms with Gasteiger partial charge in [-0.15, -0.1) is 0 Å². The zero-order chi connectivity index (χ0) is 16.8. The molecule has 0 radical (unpaired) electrons. The number of amides is 1. The summed E-state index contributed by atoms with van der Waals surface area (Å²) in [5.41, 5.74) is 2.09. The summed E-state index contributed by atoms with van der Waals surface area (Å²) in [6.45, 7) is 4.40. The molecule has 1 amide bonds. The molecule has 0 aliphatic rings. The largest absolute Gasteiger partial charge is 0.487 e. The number of nitrogens with one attached hydrogen (secondary N) is 1. The van der Waals surface area contributed by atoms with Crippen molar-refractivity contribution in [1.82, 2.24) is 5.32 Å². The molecule has 0 atom stereocenters. The van der Waals surface area contributed by atoms with Gasteiger partial charge in [-0.2, -0.15) is 0 Å². The zero-order valence-electron chi connectivity index (χ0n) is 13.0. The van der Waals surface area contributed by atoms with Crippen LogP contribution in [0.15, 0.2) is 42.5 Å². The normalized spacial score (nSPS) is 10.2. The topological polar surface area (TPSA) is 81.5 Å². The molecule has 0 unspecified atom stereocenters. The first-order chi connectivity index (χ1) is 11.0. The Morgan fingerprint density at radius 2 is 2.04 bits per heavy atom. The van der Waals surface area contributed by atoms with E-state index < -0.39 is 4.92 Å². The van der Waals surface area contributed by atoms with Gasteiger partial charge >= 0.3 is 5.69 Å². The van der Waals surface area contributed by atoms with Crippen LogP contribution in [0.2, 0.25) is 0 Å². The summed E-state index contributed by atoms with van der Waals surface area (Å²) >= 11 is 0. The zero-order valence-corrected chi connectivity index (χ0v) is 13.0. The lowest BCUT2D eigenvalue weighted by Crippen LogP contribution is -2.22. The van der Waals surface area contributed by atoms with Crippen molar-refractivity contribution in [1.29, 1.82) is 0 Å². The maximum absolute atomic E-state index is 12.2. The Bertz CT molecular complexity index is 728. The lowest BCUT2D eigenvalue weighted by Gasteiger charge is -2.08. The summed E-state index contributed by atoms with van der Waals surface area (Å²) in [4.78, 5) is 22.7. The fraction of sp³-hybridized carbons (Fsp3) is 0.235. The van der Waals surface area contributed by atoms with Crippen molar-refractivity contribution in [3.05, 3.63) is 69.3 Å². The van der Waals surface area contributed by atoms with Gasteiger partial charge in [0, 0.05) is 18.2 Å². The highest BCUT2D eigenvalue weighted by atomic mass is 16.6. The van der Waals surface area contributed by atoms with Gasteiger partial charge in [-0.25, -0.2) is 0 Å². The van der Waals surface area contributed by atoms with Gasteiger partial charge in [0.15, 0.2) is 5.75 Å². The predicted molar refractivity (Wildman–Crippen MR) is 86.6 cm³/mol. The van der Waals surface area contributed by atoms with Gasteiger partial charge in [-0.3, -0.25) is 14.9 Å². The summed E-state index contributed by atoms with van der Waals surface area (Å²) in [5, 5.41) is 13.8. The number of hydrogen-bond donors (Lipinski definition) is 1. The van der Waals surface area contributed by atoms with Crippen molar-refractivity contribution in [3.63, 3.8) is 0 Å². The number of nitro benzene ring substituents is 1. The maximum Gasteiger partial charge on any atom is 0.311 e. The minimum atomic E-state index is -0.553. The van der Waals surface area contributed by atoms with Crippen molar-refractivity contribution in [2.24, 2.45) is 0 Å². The SMILES string of the molecule is CCOc1ccc(C(=O)NCc2cccc(C)c2)cc1[N+](=O)[O-]. The van der Waals surface area contributed by atoms with Crippen molar-refractivity contribution in [3.8, 4) is 5.75 Å². The average molecular weight is 314 g/mol. The van der Waals surface area contributed by atoms with Gasteiger partial charge in [-0.05, 0) is 31.5 Å². The Hall–Kier alpha value is -2.89. The number of nitrogens with zero attached hydrogens (tertiary/aromatic N) is 1. The third kappa shape index (κ3) is 4.29. The molecule has 2 aromatic carbocycles. The molecule has 0 aliphatic heterocycles. The van der Waals surface area contributed by atoms with Gasteiger partial charge in [0.05, 0.1) is 11.5 Å². The molecule has 0 bridgehead atoms. The van der Waals surface area contributed by atoms with Crippen LogP contribution >= 0.6 is 0 Å². The number of carbonyl (C=O) groups excluding carboxylic acids is 1. The van der Waals surface area contributed by atoms with Crippen molar-refractivity contribution in [2.45, 2.75) is 20.4 Å². The molecule has 6 heteroatoms. The van der Waals surface area contributed by atoms with Crippen LogP contribution < -0.4 is 10.1 Å². The number of carbonyl (C=O) groups is 1. The van der Waals surface area contributed by atoms with E-state index in [4.69, 9.17) is 4.74 Å². The Kier molecular flexibility index (Phi) is 5.30. The monoisotopic (exact) mass is 314 g/mol. The van der Waals surface area contributed by atoms with Crippen LogP contribution in [0, 0.1) is 17.0 Å². The highest BCUT2D eigenvalue weighted by molar-refractivity contribution is 5.95. The van der Waals surface area contributed by atoms with E-state index in [1.165, 1.54) is 18.2 Å². The smallest absolute Gasteiger partial charge is 0.311 e. The molecular formula is C17H18N2O4. The van der Waals surface area contributed by atoms with Gasteiger partial charge in [-0.1, -0.05) is 29.8 Å². The number of hydrogen-bond acceptors (Lipinski definition) is 4. The first kappa shape index (κ1) is 16.5. The Morgan fingerprint density at radius 3 is 2.70 bits per heavy atom. The van der Waals surface area contributed by atoms with E-state index in [-0.39, 0.29) is 22.9 Å². The molecule has 2 rings (SSSR count). The summed E-state index contributed by atoms with van der Waals surface area (Å²) in [7, 11) is 0. The van der Waals surface area contributed by atoms with Crippen molar-refractivity contribution < 1.29 is 14.5 Å². The summed E-state index contributed by atoms with van der Waals surface area (Å²) in [6, 6.07) is 12.0. The highest BCUT2D eigenvalue weighted by Gasteiger charge is 2.18. The van der Waals surface area contributed by atoms with Crippen molar-refractivity contribution >= 4 is 11.6 Å². The molecular weight excluding hydrogens is 296 g/mol. The highest BCUT2D eigenvalue weighted by Crippen LogP contribution is 2.27. The molecule has 0 saturated carbocycles. The summed E-state index contributed by atoms with van der Waals surface area (Å²) < 4.78 is 5.20. The van der Waals surface area contributed by atoms with Gasteiger partial charge in [0.1, 0.15) is 0 Å². The summed E-state index contributed by atoms with van der Waals surface area (Å²) in [5.74, 6) is -0.203. The second-order valence-electron chi connectivity index (χ2n) is 5.04. The Labute approximate surface area is 134 Å². The molecule has 0 heterocycles. The number of aryl methyl sites for hydroxylation is 1. The molecule has 2 aromatic rings. The number of rotatable bonds is 6. The summed E-state index contributed by atoms with van der Waals surface area (Å²) in [6.07, 6.45) is 0. The Balaban J connectivity index is 2.13. The second-order valence-corrected chi connectivity index (χ2v) is 5.04. The molecule has 0 saturated heterocycles. The van der Waals surface area contributed by atoms with Gasteiger partial charge in [0.2, 0.25) is 0 Å². The standard InChI is InChI=1S/C17H18N2O4/c1-3-23-16-8-7-14(10-15(16)19(21)22)17(20)18-11-13-6-4-5-12(2)9-13/h4-10H,3,11H2,1-2H3,(H,18,20). The fourth-order valence-corrected chi connectivity index (χ4v) is 2.19. The fourth-order valence-electron chi connectivity index (χ4n) is 2.19. The minimum Gasteiger partial charge on any atom is -0.487 e. The lowest BCUT2D eigenvalue weighted by molar-refractivity contribution is -0.385. The first-order valence-electron chi connectivity index (χ1n) is 7.26. The van der Waals surface area contributed by atoms with Crippen LogP contribution in [0.1, 0.15) is 28.4 Å². The van der Waals surface area contributed by atoms with E-state index in [1.54, 1.807) is 6.92 Å². The van der Waals surface area contributed by atoms with Crippen LogP contribution in [0.25, 0.3) is 0 Å². The predicted octanol–water partition coefficient (Wildman–Crippen LogP) is 3.23. The van der Waals surface area contributed by atoms with E-state index >= 15 is 0 Å². The molecule has 0 aromatic heterocycles. The quantitative estimate of drug-likeness (QED) is 0.655. The number of nitro groups is 1. The Morgan fingerprint density at radius 1 is 1.26 bits per heavy atom. The molecule has 23 heavy (non-hydrogen) atoms. The van der Waals surface area contributed by atoms with Crippen LogP contribution in [0.3, 0.4) is 0 Å². The van der Waals surface area contributed by atoms with Crippen LogP contribution in [0.4, 0.5) is 5.69 Å². The van der Waals surface area contributed by atoms with Crippen LogP contribution in [0.5, 0.6) is 5.75 Å². The maximum atomic E-state index is 12.2. The van der Waals surface area contributed by atoms with E-state index in [9.17, 15) is 14.9 Å². The van der Waals surface area contributed by atoms with E-state index in [0.29, 0.717) is 13.2 Å².